The number of ether oxygens (including phenoxy) is 1. The Hall–Kier alpha value is -2.34. The van der Waals surface area contributed by atoms with E-state index in [9.17, 15) is 4.79 Å². The molecule has 2 N–H and O–H groups in total. The van der Waals surface area contributed by atoms with Crippen molar-refractivity contribution in [2.45, 2.75) is 31.7 Å². The minimum atomic E-state index is -0.601. The molecule has 0 bridgehead atoms. The molecule has 26 heavy (non-hydrogen) atoms. The smallest absolute Gasteiger partial charge is 0.231 e. The van der Waals surface area contributed by atoms with E-state index < -0.39 is 5.54 Å². The molecule has 5 nitrogen and oxygen atoms in total. The Bertz CT molecular complexity index is 871. The molecule has 0 radical (unpaired) electrons. The summed E-state index contributed by atoms with van der Waals surface area (Å²) >= 11 is 1.61. The molecule has 1 fully saturated rings. The standard InChI is InChI=1S/C20H23N3O2S/c1-20(10-18(24)23(2)19(21)22-20)17-9-15(12-26-17)14-4-3-5-16(8-14)25-11-13-6-7-13/h3-5,8-9,12-13H,6-7,10-11H2,1-2H3,(H2,21,22). The lowest BCUT2D eigenvalue weighted by Crippen LogP contribution is -2.47. The van der Waals surface area contributed by atoms with Crippen LogP contribution in [0.4, 0.5) is 0 Å². The second-order valence-corrected chi connectivity index (χ2v) is 8.27. The van der Waals surface area contributed by atoms with Gasteiger partial charge in [-0.05, 0) is 60.4 Å². The predicted octanol–water partition coefficient (Wildman–Crippen LogP) is 3.60. The first kappa shape index (κ1) is 17.1. The number of nitrogens with zero attached hydrogens (tertiary/aromatic N) is 2. The highest BCUT2D eigenvalue weighted by atomic mass is 32.1. The quantitative estimate of drug-likeness (QED) is 0.876. The Labute approximate surface area is 157 Å². The summed E-state index contributed by atoms with van der Waals surface area (Å²) < 4.78 is 5.89. The molecule has 1 unspecified atom stereocenters. The van der Waals surface area contributed by atoms with Crippen molar-refractivity contribution in [1.29, 1.82) is 0 Å². The van der Waals surface area contributed by atoms with Crippen molar-refractivity contribution in [3.8, 4) is 16.9 Å². The summed E-state index contributed by atoms with van der Waals surface area (Å²) in [5.41, 5.74) is 7.55. The van der Waals surface area contributed by atoms with Crippen LogP contribution in [0.25, 0.3) is 11.1 Å². The second kappa shape index (κ2) is 6.43. The summed E-state index contributed by atoms with van der Waals surface area (Å²) in [5, 5.41) is 2.11. The highest BCUT2D eigenvalue weighted by Gasteiger charge is 2.37. The van der Waals surface area contributed by atoms with Crippen LogP contribution in [0.15, 0.2) is 40.7 Å². The molecule has 136 valence electrons. The fraction of sp³-hybridized carbons (Fsp3) is 0.400. The molecule has 6 heteroatoms. The van der Waals surface area contributed by atoms with Crippen LogP contribution in [-0.2, 0) is 10.3 Å². The van der Waals surface area contributed by atoms with Gasteiger partial charge in [0.15, 0.2) is 5.96 Å². The molecule has 0 saturated heterocycles. The molecule has 1 aliphatic carbocycles. The third-order valence-electron chi connectivity index (χ3n) is 5.05. The lowest BCUT2D eigenvalue weighted by atomic mass is 9.93. The van der Waals surface area contributed by atoms with Crippen molar-refractivity contribution < 1.29 is 9.53 Å². The van der Waals surface area contributed by atoms with Crippen LogP contribution in [0, 0.1) is 5.92 Å². The van der Waals surface area contributed by atoms with Gasteiger partial charge >= 0.3 is 0 Å². The van der Waals surface area contributed by atoms with E-state index in [1.165, 1.54) is 17.7 Å². The van der Waals surface area contributed by atoms with Crippen molar-refractivity contribution >= 4 is 23.2 Å². The zero-order valence-corrected chi connectivity index (χ0v) is 15.9. The van der Waals surface area contributed by atoms with Gasteiger partial charge in [-0.2, -0.15) is 0 Å². The average molecular weight is 369 g/mol. The number of carbonyl (C=O) groups is 1. The van der Waals surface area contributed by atoms with E-state index >= 15 is 0 Å². The van der Waals surface area contributed by atoms with Gasteiger partial charge in [0.25, 0.3) is 0 Å². The molecule has 1 aromatic heterocycles. The maximum atomic E-state index is 12.2. The van der Waals surface area contributed by atoms with E-state index in [1.54, 1.807) is 18.4 Å². The molecule has 1 saturated carbocycles. The van der Waals surface area contributed by atoms with Gasteiger partial charge in [0, 0.05) is 11.9 Å². The lowest BCUT2D eigenvalue weighted by Gasteiger charge is -2.32. The lowest BCUT2D eigenvalue weighted by molar-refractivity contribution is -0.128. The number of hydrogen-bond acceptors (Lipinski definition) is 5. The van der Waals surface area contributed by atoms with Crippen LogP contribution in [0.3, 0.4) is 0 Å². The minimum absolute atomic E-state index is 0.00887. The molecule has 2 aromatic rings. The van der Waals surface area contributed by atoms with Gasteiger partial charge < -0.3 is 10.5 Å². The van der Waals surface area contributed by atoms with Crippen LogP contribution in [0.5, 0.6) is 5.75 Å². The van der Waals surface area contributed by atoms with E-state index in [-0.39, 0.29) is 11.9 Å². The van der Waals surface area contributed by atoms with Gasteiger partial charge in [0.1, 0.15) is 11.3 Å². The molecule has 0 spiro atoms. The Balaban J connectivity index is 1.58. The van der Waals surface area contributed by atoms with Gasteiger partial charge in [-0.25, -0.2) is 4.99 Å². The Morgan fingerprint density at radius 3 is 2.88 bits per heavy atom. The summed E-state index contributed by atoms with van der Waals surface area (Å²) in [6, 6.07) is 10.3. The van der Waals surface area contributed by atoms with Gasteiger partial charge in [0.2, 0.25) is 5.91 Å². The summed E-state index contributed by atoms with van der Waals surface area (Å²) in [5.74, 6) is 1.90. The number of carbonyl (C=O) groups excluding carboxylic acids is 1. The first-order valence-electron chi connectivity index (χ1n) is 8.89. The van der Waals surface area contributed by atoms with Crippen LogP contribution in [0.1, 0.15) is 31.1 Å². The van der Waals surface area contributed by atoms with Crippen LogP contribution in [0.2, 0.25) is 0 Å². The van der Waals surface area contributed by atoms with Crippen LogP contribution >= 0.6 is 11.3 Å². The zero-order chi connectivity index (χ0) is 18.3. The van der Waals surface area contributed by atoms with E-state index in [4.69, 9.17) is 10.5 Å². The minimum Gasteiger partial charge on any atom is -0.493 e. The fourth-order valence-electron chi connectivity index (χ4n) is 3.08. The molecular formula is C20H23N3O2S. The van der Waals surface area contributed by atoms with Crippen molar-refractivity contribution in [2.24, 2.45) is 16.6 Å². The van der Waals surface area contributed by atoms with Crippen LogP contribution < -0.4 is 10.5 Å². The Morgan fingerprint density at radius 1 is 1.35 bits per heavy atom. The van der Waals surface area contributed by atoms with Gasteiger partial charge in [0.05, 0.1) is 13.0 Å². The summed E-state index contributed by atoms with van der Waals surface area (Å²) in [6.07, 6.45) is 2.89. The summed E-state index contributed by atoms with van der Waals surface area (Å²) in [7, 11) is 1.66. The summed E-state index contributed by atoms with van der Waals surface area (Å²) in [6.45, 7) is 2.77. The van der Waals surface area contributed by atoms with E-state index in [2.05, 4.69) is 28.6 Å². The van der Waals surface area contributed by atoms with Crippen molar-refractivity contribution in [2.75, 3.05) is 13.7 Å². The number of nitrogens with two attached hydrogens (primary N) is 1. The van der Waals surface area contributed by atoms with Crippen LogP contribution in [-0.4, -0.2) is 30.4 Å². The van der Waals surface area contributed by atoms with E-state index in [0.717, 1.165) is 34.3 Å². The zero-order valence-electron chi connectivity index (χ0n) is 15.1. The number of thiophene rings is 1. The molecule has 4 rings (SSSR count). The molecule has 2 aliphatic rings. The number of amides is 1. The van der Waals surface area contributed by atoms with Gasteiger partial charge in [-0.1, -0.05) is 12.1 Å². The maximum absolute atomic E-state index is 12.2. The summed E-state index contributed by atoms with van der Waals surface area (Å²) in [4.78, 5) is 19.2. The molecule has 1 amide bonds. The third kappa shape index (κ3) is 3.33. The van der Waals surface area contributed by atoms with Gasteiger partial charge in [-0.15, -0.1) is 11.3 Å². The first-order chi connectivity index (χ1) is 12.4. The van der Waals surface area contributed by atoms with Crippen molar-refractivity contribution in [3.05, 3.63) is 40.6 Å². The van der Waals surface area contributed by atoms with Gasteiger partial charge in [-0.3, -0.25) is 9.69 Å². The topological polar surface area (TPSA) is 67.9 Å². The largest absolute Gasteiger partial charge is 0.493 e. The SMILES string of the molecule is CN1C(=O)CC(C)(c2cc(-c3cccc(OCC4CC4)c3)cs2)N=C1N. The average Bonchev–Trinajstić information content (AvgIpc) is 3.31. The number of guanidine groups is 1. The Morgan fingerprint density at radius 2 is 2.15 bits per heavy atom. The highest BCUT2D eigenvalue weighted by molar-refractivity contribution is 7.10. The molecule has 2 heterocycles. The van der Waals surface area contributed by atoms with Crippen molar-refractivity contribution in [1.82, 2.24) is 4.90 Å². The van der Waals surface area contributed by atoms with E-state index in [0.29, 0.717) is 6.42 Å². The predicted molar refractivity (Wildman–Crippen MR) is 104 cm³/mol. The number of aliphatic imine (C=N–C) groups is 1. The number of rotatable bonds is 5. The van der Waals surface area contributed by atoms with E-state index in [1.807, 2.05) is 19.1 Å². The fourth-order valence-corrected chi connectivity index (χ4v) is 4.11. The second-order valence-electron chi connectivity index (χ2n) is 7.36. The maximum Gasteiger partial charge on any atom is 0.231 e. The monoisotopic (exact) mass is 369 g/mol. The molecule has 1 aromatic carbocycles. The highest BCUT2D eigenvalue weighted by Crippen LogP contribution is 2.39. The normalized spacial score (nSPS) is 23.1. The Kier molecular flexibility index (Phi) is 4.23. The number of hydrogen-bond donors (Lipinski definition) is 1. The number of benzene rings is 1. The molecule has 1 atom stereocenters. The van der Waals surface area contributed by atoms with Crippen molar-refractivity contribution in [3.63, 3.8) is 0 Å². The molecule has 1 aliphatic heterocycles. The molecular weight excluding hydrogens is 346 g/mol. The first-order valence-corrected chi connectivity index (χ1v) is 9.77. The third-order valence-corrected chi connectivity index (χ3v) is 6.24.